The monoisotopic (exact) mass is 486 g/mol. The van der Waals surface area contributed by atoms with Crippen LogP contribution in [0.3, 0.4) is 0 Å². The number of ether oxygens (including phenoxy) is 2. The van der Waals surface area contributed by atoms with Crippen molar-refractivity contribution in [3.05, 3.63) is 68.5 Å². The van der Waals surface area contributed by atoms with Crippen LogP contribution in [0.1, 0.15) is 30.6 Å². The normalized spacial score (nSPS) is 11.1. The number of methoxy groups -OCH3 is 1. The smallest absolute Gasteiger partial charge is 0.355 e. The minimum Gasteiger partial charge on any atom is -0.497 e. The summed E-state index contributed by atoms with van der Waals surface area (Å²) in [4.78, 5) is 25.3. The van der Waals surface area contributed by atoms with E-state index < -0.39 is 5.97 Å². The molecular formula is C21H15ClN4O4S2. The molecular weight excluding hydrogens is 472 g/mol. The third-order valence-corrected chi connectivity index (χ3v) is 6.81. The van der Waals surface area contributed by atoms with Crippen LogP contribution in [-0.2, 0) is 0 Å². The Morgan fingerprint density at radius 2 is 1.88 bits per heavy atom. The lowest BCUT2D eigenvalue weighted by Crippen LogP contribution is -2.17. The number of amides is 1. The Morgan fingerprint density at radius 1 is 1.12 bits per heavy atom. The fraction of sp³-hybridized carbons (Fsp3) is 0.0952. The first kappa shape index (κ1) is 21.9. The molecule has 0 aliphatic heterocycles. The average molecular weight is 487 g/mol. The van der Waals surface area contributed by atoms with Gasteiger partial charge in [-0.3, -0.25) is 4.79 Å². The van der Waals surface area contributed by atoms with E-state index in [1.165, 1.54) is 17.6 Å². The Balaban J connectivity index is 1.41. The van der Waals surface area contributed by atoms with Crippen LogP contribution in [0.15, 0.2) is 47.6 Å². The standard InChI is InChI=1S/C21H15ClN4O4S2/c1-11-18(32-26-24-11)20(27)25-23-10-12-3-5-13(6-4-12)30-21(28)19-17(22)15-8-7-14(29-2)9-16(15)31-19/h3-10H,1-2H3,(H,25,27). The number of rotatable bonds is 6. The number of nitrogens with zero attached hydrogens (tertiary/aromatic N) is 3. The molecule has 0 atom stereocenters. The number of thiophene rings is 1. The second-order valence-electron chi connectivity index (χ2n) is 6.45. The van der Waals surface area contributed by atoms with Gasteiger partial charge in [0.15, 0.2) is 0 Å². The van der Waals surface area contributed by atoms with Crippen LogP contribution in [0.4, 0.5) is 0 Å². The van der Waals surface area contributed by atoms with Crippen LogP contribution < -0.4 is 14.9 Å². The number of hydrazone groups is 1. The topological polar surface area (TPSA) is 103 Å². The fourth-order valence-electron chi connectivity index (χ4n) is 2.73. The highest BCUT2D eigenvalue weighted by atomic mass is 35.5. The fourth-order valence-corrected chi connectivity index (χ4v) is 4.69. The van der Waals surface area contributed by atoms with Gasteiger partial charge in [-0.25, -0.2) is 10.2 Å². The van der Waals surface area contributed by atoms with Crippen molar-refractivity contribution in [2.24, 2.45) is 5.10 Å². The molecule has 0 aliphatic carbocycles. The van der Waals surface area contributed by atoms with Gasteiger partial charge in [0.25, 0.3) is 5.91 Å². The van der Waals surface area contributed by atoms with Crippen molar-refractivity contribution in [3.63, 3.8) is 0 Å². The summed E-state index contributed by atoms with van der Waals surface area (Å²) < 4.78 is 15.2. The third-order valence-electron chi connectivity index (χ3n) is 4.35. The lowest BCUT2D eigenvalue weighted by Gasteiger charge is -2.03. The number of esters is 1. The molecule has 1 N–H and O–H groups in total. The zero-order chi connectivity index (χ0) is 22.7. The van der Waals surface area contributed by atoms with Crippen molar-refractivity contribution in [2.75, 3.05) is 7.11 Å². The highest BCUT2D eigenvalue weighted by molar-refractivity contribution is 7.21. The van der Waals surface area contributed by atoms with Gasteiger partial charge in [0.2, 0.25) is 0 Å². The predicted molar refractivity (Wildman–Crippen MR) is 124 cm³/mol. The molecule has 8 nitrogen and oxygen atoms in total. The number of aromatic nitrogens is 2. The average Bonchev–Trinajstić information content (AvgIpc) is 3.37. The van der Waals surface area contributed by atoms with Gasteiger partial charge < -0.3 is 9.47 Å². The van der Waals surface area contributed by atoms with E-state index in [0.717, 1.165) is 21.6 Å². The summed E-state index contributed by atoms with van der Waals surface area (Å²) in [5.41, 5.74) is 3.68. The van der Waals surface area contributed by atoms with Gasteiger partial charge in [-0.1, -0.05) is 16.1 Å². The summed E-state index contributed by atoms with van der Waals surface area (Å²) >= 11 is 8.62. The first-order chi connectivity index (χ1) is 15.5. The molecule has 2 aromatic heterocycles. The number of nitrogens with one attached hydrogen (secondary N) is 1. The SMILES string of the molecule is COc1ccc2c(Cl)c(C(=O)Oc3ccc(C=NNC(=O)c4snnc4C)cc3)sc2c1. The van der Waals surface area contributed by atoms with E-state index >= 15 is 0 Å². The van der Waals surface area contributed by atoms with Crippen molar-refractivity contribution in [2.45, 2.75) is 6.92 Å². The molecule has 2 aromatic carbocycles. The quantitative estimate of drug-likeness (QED) is 0.183. The second-order valence-corrected chi connectivity index (χ2v) is 8.64. The highest BCUT2D eigenvalue weighted by Gasteiger charge is 2.19. The molecule has 11 heteroatoms. The van der Waals surface area contributed by atoms with Crippen LogP contribution in [-0.4, -0.2) is 34.8 Å². The predicted octanol–water partition coefficient (Wildman–Crippen LogP) is 4.71. The maximum Gasteiger partial charge on any atom is 0.355 e. The molecule has 4 rings (SSSR count). The van der Waals surface area contributed by atoms with E-state index in [4.69, 9.17) is 21.1 Å². The van der Waals surface area contributed by atoms with Crippen molar-refractivity contribution < 1.29 is 19.1 Å². The van der Waals surface area contributed by atoms with Crippen LogP contribution in [0, 0.1) is 6.92 Å². The largest absolute Gasteiger partial charge is 0.497 e. The molecule has 0 saturated heterocycles. The molecule has 4 aromatic rings. The molecule has 0 radical (unpaired) electrons. The van der Waals surface area contributed by atoms with Gasteiger partial charge in [-0.2, -0.15) is 5.10 Å². The summed E-state index contributed by atoms with van der Waals surface area (Å²) in [6.45, 7) is 1.70. The minimum absolute atomic E-state index is 0.316. The molecule has 0 spiro atoms. The maximum atomic E-state index is 12.6. The van der Waals surface area contributed by atoms with E-state index in [9.17, 15) is 9.59 Å². The number of carbonyl (C=O) groups excluding carboxylic acids is 2. The molecule has 1 amide bonds. The first-order valence-electron chi connectivity index (χ1n) is 9.17. The zero-order valence-electron chi connectivity index (χ0n) is 16.8. The van der Waals surface area contributed by atoms with Crippen molar-refractivity contribution in [3.8, 4) is 11.5 Å². The number of hydrogen-bond donors (Lipinski definition) is 1. The Kier molecular flexibility index (Phi) is 6.45. The van der Waals surface area contributed by atoms with E-state index in [0.29, 0.717) is 37.5 Å². The van der Waals surface area contributed by atoms with E-state index in [2.05, 4.69) is 20.1 Å². The van der Waals surface area contributed by atoms with Crippen LogP contribution in [0.5, 0.6) is 11.5 Å². The summed E-state index contributed by atoms with van der Waals surface area (Å²) in [6.07, 6.45) is 1.48. The molecule has 0 aliphatic rings. The van der Waals surface area contributed by atoms with E-state index in [-0.39, 0.29) is 5.91 Å². The van der Waals surface area contributed by atoms with Gasteiger partial charge in [0, 0.05) is 10.1 Å². The molecule has 0 saturated carbocycles. The molecule has 162 valence electrons. The second kappa shape index (κ2) is 9.43. The summed E-state index contributed by atoms with van der Waals surface area (Å²) in [5.74, 6) is 0.116. The van der Waals surface area contributed by atoms with Crippen molar-refractivity contribution in [1.29, 1.82) is 0 Å². The van der Waals surface area contributed by atoms with Crippen LogP contribution in [0.2, 0.25) is 5.02 Å². The van der Waals surface area contributed by atoms with Gasteiger partial charge in [0.1, 0.15) is 21.3 Å². The van der Waals surface area contributed by atoms with Gasteiger partial charge in [-0.15, -0.1) is 16.4 Å². The third kappa shape index (κ3) is 4.62. The van der Waals surface area contributed by atoms with Gasteiger partial charge in [-0.05, 0) is 66.5 Å². The van der Waals surface area contributed by atoms with Gasteiger partial charge >= 0.3 is 5.97 Å². The highest BCUT2D eigenvalue weighted by Crippen LogP contribution is 2.37. The van der Waals surface area contributed by atoms with Gasteiger partial charge in [0.05, 0.1) is 24.0 Å². The molecule has 0 bridgehead atoms. The first-order valence-corrected chi connectivity index (χ1v) is 11.1. The number of halogens is 1. The van der Waals surface area contributed by atoms with E-state index in [1.54, 1.807) is 44.4 Å². The number of carbonyl (C=O) groups is 2. The Hall–Kier alpha value is -3.34. The summed E-state index contributed by atoms with van der Waals surface area (Å²) in [6, 6.07) is 12.1. The van der Waals surface area contributed by atoms with E-state index in [1.807, 2.05) is 12.1 Å². The Bertz CT molecular complexity index is 1330. The lowest BCUT2D eigenvalue weighted by molar-refractivity contribution is 0.0739. The Morgan fingerprint density at radius 3 is 2.56 bits per heavy atom. The number of hydrogen-bond acceptors (Lipinski definition) is 9. The molecule has 32 heavy (non-hydrogen) atoms. The van der Waals surface area contributed by atoms with Crippen molar-refractivity contribution >= 4 is 62.6 Å². The molecule has 2 heterocycles. The maximum absolute atomic E-state index is 12.6. The van der Waals surface area contributed by atoms with Crippen molar-refractivity contribution in [1.82, 2.24) is 15.0 Å². The van der Waals surface area contributed by atoms with Crippen LogP contribution in [0.25, 0.3) is 10.1 Å². The lowest BCUT2D eigenvalue weighted by atomic mass is 10.2. The number of aryl methyl sites for hydroxylation is 1. The number of benzene rings is 2. The Labute approximate surface area is 195 Å². The summed E-state index contributed by atoms with van der Waals surface area (Å²) in [5, 5.41) is 8.82. The minimum atomic E-state index is -0.544. The summed E-state index contributed by atoms with van der Waals surface area (Å²) in [7, 11) is 1.58. The van der Waals surface area contributed by atoms with Crippen LogP contribution >= 0.6 is 34.5 Å². The number of fused-ring (bicyclic) bond motifs is 1. The molecule has 0 unspecified atom stereocenters. The zero-order valence-corrected chi connectivity index (χ0v) is 19.2. The molecule has 0 fully saturated rings.